The van der Waals surface area contributed by atoms with Crippen molar-refractivity contribution in [2.45, 2.75) is 29.7 Å². The summed E-state index contributed by atoms with van der Waals surface area (Å²) < 4.78 is 5.50. The van der Waals surface area contributed by atoms with Crippen LogP contribution >= 0.6 is 11.8 Å². The Morgan fingerprint density at radius 3 is 2.57 bits per heavy atom. The van der Waals surface area contributed by atoms with Gasteiger partial charge in [0.15, 0.2) is 5.75 Å². The Kier molecular flexibility index (Phi) is 4.70. The molecule has 0 amide bonds. The minimum absolute atomic E-state index is 0.0560. The van der Waals surface area contributed by atoms with E-state index in [1.807, 2.05) is 13.8 Å². The van der Waals surface area contributed by atoms with Gasteiger partial charge < -0.3 is 9.84 Å². The highest BCUT2D eigenvalue weighted by atomic mass is 32.2. The lowest BCUT2D eigenvalue weighted by molar-refractivity contribution is -0.388. The molecule has 0 unspecified atom stereocenters. The van der Waals surface area contributed by atoms with Gasteiger partial charge in [-0.1, -0.05) is 23.9 Å². The van der Waals surface area contributed by atoms with Gasteiger partial charge in [0.05, 0.1) is 15.9 Å². The van der Waals surface area contributed by atoms with E-state index >= 15 is 0 Å². The van der Waals surface area contributed by atoms with Crippen LogP contribution in [0.1, 0.15) is 13.8 Å². The summed E-state index contributed by atoms with van der Waals surface area (Å²) in [6.45, 7) is 3.64. The molecule has 0 heterocycles. The fourth-order valence-corrected chi connectivity index (χ4v) is 2.79. The number of rotatable bonds is 5. The van der Waals surface area contributed by atoms with Crippen LogP contribution in [-0.2, 0) is 0 Å². The summed E-state index contributed by atoms with van der Waals surface area (Å²) in [4.78, 5) is 12.1. The normalized spacial score (nSPS) is 10.6. The molecule has 0 fully saturated rings. The maximum Gasteiger partial charge on any atom is 0.324 e. The molecule has 110 valence electrons. The number of benzene rings is 2. The molecule has 0 aliphatic rings. The van der Waals surface area contributed by atoms with Crippen molar-refractivity contribution < 1.29 is 14.8 Å². The van der Waals surface area contributed by atoms with E-state index in [0.717, 1.165) is 4.90 Å². The van der Waals surface area contributed by atoms with E-state index in [4.69, 9.17) is 4.74 Å². The van der Waals surface area contributed by atoms with Gasteiger partial charge in [-0.25, -0.2) is 0 Å². The molecule has 0 aliphatic heterocycles. The first-order valence-corrected chi connectivity index (χ1v) is 7.20. The zero-order valence-electron chi connectivity index (χ0n) is 11.6. The number of ether oxygens (including phenoxy) is 1. The summed E-state index contributed by atoms with van der Waals surface area (Å²) in [5, 5.41) is 20.8. The molecule has 2 aromatic rings. The highest BCUT2D eigenvalue weighted by Gasteiger charge is 2.22. The van der Waals surface area contributed by atoms with Crippen LogP contribution in [0.5, 0.6) is 11.5 Å². The van der Waals surface area contributed by atoms with Gasteiger partial charge in [0, 0.05) is 4.90 Å². The Balaban J connectivity index is 2.41. The minimum Gasteiger partial charge on any atom is -0.508 e. The molecule has 6 heteroatoms. The predicted molar refractivity (Wildman–Crippen MR) is 81.1 cm³/mol. The van der Waals surface area contributed by atoms with Crippen LogP contribution in [0.3, 0.4) is 0 Å². The van der Waals surface area contributed by atoms with Crippen molar-refractivity contribution in [2.75, 3.05) is 0 Å². The second-order valence-electron chi connectivity index (χ2n) is 4.63. The third-order valence-corrected chi connectivity index (χ3v) is 3.59. The molecular weight excluding hydrogens is 290 g/mol. The average molecular weight is 305 g/mol. The van der Waals surface area contributed by atoms with Crippen molar-refractivity contribution in [1.82, 2.24) is 0 Å². The number of phenolic OH excluding ortho intramolecular Hbond substituents is 1. The van der Waals surface area contributed by atoms with Crippen molar-refractivity contribution >= 4 is 17.4 Å². The number of para-hydroxylation sites is 1. The molecule has 0 saturated heterocycles. The summed E-state index contributed by atoms with van der Waals surface area (Å²) in [6.07, 6.45) is -0.148. The number of phenols is 1. The zero-order chi connectivity index (χ0) is 15.4. The molecule has 0 radical (unpaired) electrons. The van der Waals surface area contributed by atoms with Crippen molar-refractivity contribution in [3.63, 3.8) is 0 Å². The molecule has 1 N–H and O–H groups in total. The fraction of sp³-hybridized carbons (Fsp3) is 0.200. The van der Waals surface area contributed by atoms with Crippen molar-refractivity contribution in [3.8, 4) is 11.5 Å². The monoisotopic (exact) mass is 305 g/mol. The molecule has 0 spiro atoms. The Hall–Kier alpha value is -2.21. The molecule has 0 saturated carbocycles. The SMILES string of the molecule is CC(C)Oc1cccc(Sc2cccc(O)c2)c1[N+](=O)[O-]. The van der Waals surface area contributed by atoms with Gasteiger partial charge in [-0.3, -0.25) is 10.1 Å². The molecule has 2 aromatic carbocycles. The lowest BCUT2D eigenvalue weighted by Gasteiger charge is -2.12. The standard InChI is InChI=1S/C15H15NO4S/c1-10(2)20-13-7-4-8-14(15(13)16(18)19)21-12-6-3-5-11(17)9-12/h3-10,17H,1-2H3. The lowest BCUT2D eigenvalue weighted by Crippen LogP contribution is -2.07. The summed E-state index contributed by atoms with van der Waals surface area (Å²) in [6, 6.07) is 11.6. The molecule has 5 nitrogen and oxygen atoms in total. The summed E-state index contributed by atoms with van der Waals surface area (Å²) in [5.41, 5.74) is -0.0560. The lowest BCUT2D eigenvalue weighted by atomic mass is 10.3. The molecular formula is C15H15NO4S. The van der Waals surface area contributed by atoms with Crippen molar-refractivity contribution in [3.05, 3.63) is 52.6 Å². The number of nitro benzene ring substituents is 1. The van der Waals surface area contributed by atoms with Crippen molar-refractivity contribution in [2.24, 2.45) is 0 Å². The minimum atomic E-state index is -0.442. The van der Waals surface area contributed by atoms with Crippen LogP contribution < -0.4 is 4.74 Å². The van der Waals surface area contributed by atoms with E-state index in [1.165, 1.54) is 11.8 Å². The smallest absolute Gasteiger partial charge is 0.324 e. The number of hydrogen-bond acceptors (Lipinski definition) is 5. The van der Waals surface area contributed by atoms with Gasteiger partial charge in [0.2, 0.25) is 0 Å². The van der Waals surface area contributed by atoms with E-state index in [1.54, 1.807) is 42.5 Å². The number of nitrogens with zero attached hydrogens (tertiary/aromatic N) is 1. The van der Waals surface area contributed by atoms with Gasteiger partial charge in [-0.05, 0) is 44.2 Å². The Morgan fingerprint density at radius 1 is 1.24 bits per heavy atom. The maximum atomic E-state index is 11.3. The molecule has 0 aliphatic carbocycles. The first-order valence-electron chi connectivity index (χ1n) is 6.38. The molecule has 0 bridgehead atoms. The average Bonchev–Trinajstić information content (AvgIpc) is 2.37. The van der Waals surface area contributed by atoms with Crippen molar-refractivity contribution in [1.29, 1.82) is 0 Å². The second kappa shape index (κ2) is 6.49. The van der Waals surface area contributed by atoms with Gasteiger partial charge in [-0.15, -0.1) is 0 Å². The quantitative estimate of drug-likeness (QED) is 0.660. The summed E-state index contributed by atoms with van der Waals surface area (Å²) in [7, 11) is 0. The Morgan fingerprint density at radius 2 is 1.95 bits per heavy atom. The zero-order valence-corrected chi connectivity index (χ0v) is 12.5. The van der Waals surface area contributed by atoms with E-state index in [-0.39, 0.29) is 23.3 Å². The van der Waals surface area contributed by atoms with Crippen LogP contribution in [0.2, 0.25) is 0 Å². The van der Waals surface area contributed by atoms with E-state index in [0.29, 0.717) is 4.90 Å². The maximum absolute atomic E-state index is 11.3. The van der Waals surface area contributed by atoms with Crippen LogP contribution in [-0.4, -0.2) is 16.1 Å². The van der Waals surface area contributed by atoms with Crippen LogP contribution in [0.4, 0.5) is 5.69 Å². The largest absolute Gasteiger partial charge is 0.508 e. The van der Waals surface area contributed by atoms with E-state index in [9.17, 15) is 15.2 Å². The summed E-state index contributed by atoms with van der Waals surface area (Å²) in [5.74, 6) is 0.373. The first kappa shape index (κ1) is 15.2. The second-order valence-corrected chi connectivity index (χ2v) is 5.74. The molecule has 0 atom stereocenters. The number of hydrogen-bond donors (Lipinski definition) is 1. The third-order valence-electron chi connectivity index (χ3n) is 2.55. The van der Waals surface area contributed by atoms with Gasteiger partial charge in [0.25, 0.3) is 0 Å². The third kappa shape index (κ3) is 3.88. The Bertz CT molecular complexity index is 658. The highest BCUT2D eigenvalue weighted by Crippen LogP contribution is 2.41. The fourth-order valence-electron chi connectivity index (χ4n) is 1.79. The van der Waals surface area contributed by atoms with E-state index < -0.39 is 4.92 Å². The number of nitro groups is 1. The molecule has 21 heavy (non-hydrogen) atoms. The van der Waals surface area contributed by atoms with Crippen LogP contribution in [0.25, 0.3) is 0 Å². The van der Waals surface area contributed by atoms with E-state index in [2.05, 4.69) is 0 Å². The van der Waals surface area contributed by atoms with Crippen LogP contribution in [0.15, 0.2) is 52.3 Å². The molecule has 0 aromatic heterocycles. The highest BCUT2D eigenvalue weighted by molar-refractivity contribution is 7.99. The van der Waals surface area contributed by atoms with Gasteiger partial charge >= 0.3 is 5.69 Å². The van der Waals surface area contributed by atoms with Gasteiger partial charge in [-0.2, -0.15) is 0 Å². The predicted octanol–water partition coefficient (Wildman–Crippen LogP) is 4.24. The Labute approximate surface area is 126 Å². The van der Waals surface area contributed by atoms with Gasteiger partial charge in [0.1, 0.15) is 5.75 Å². The number of aromatic hydroxyl groups is 1. The van der Waals surface area contributed by atoms with Crippen LogP contribution in [0, 0.1) is 10.1 Å². The molecule has 2 rings (SSSR count). The summed E-state index contributed by atoms with van der Waals surface area (Å²) >= 11 is 1.22. The first-order chi connectivity index (χ1) is 9.97. The topological polar surface area (TPSA) is 72.6 Å².